The molecule has 0 unspecified atom stereocenters. The van der Waals surface area contributed by atoms with Gasteiger partial charge in [0.1, 0.15) is 0 Å². The van der Waals surface area contributed by atoms with E-state index in [1.807, 2.05) is 0 Å². The first-order valence-electron chi connectivity index (χ1n) is 5.57. The molecule has 1 aromatic carbocycles. The van der Waals surface area contributed by atoms with E-state index < -0.39 is 19.1 Å². The van der Waals surface area contributed by atoms with Gasteiger partial charge in [-0.15, -0.1) is 10.2 Å². The monoisotopic (exact) mass is 350 g/mol. The highest BCUT2D eigenvalue weighted by Gasteiger charge is 2.23. The lowest BCUT2D eigenvalue weighted by molar-refractivity contribution is -0.384. The van der Waals surface area contributed by atoms with Crippen LogP contribution in [0.2, 0.25) is 5.02 Å². The Balaban J connectivity index is 2.68. The zero-order chi connectivity index (χ0) is 15.8. The molecule has 0 fully saturated rings. The summed E-state index contributed by atoms with van der Waals surface area (Å²) in [4.78, 5) is 10.2. The summed E-state index contributed by atoms with van der Waals surface area (Å²) in [7, 11) is 1.20. The van der Waals surface area contributed by atoms with Crippen molar-refractivity contribution in [2.45, 2.75) is 18.6 Å². The molecule has 8 nitrogen and oxygen atoms in total. The SMILES string of the molecule is CCn1c(-c2cc(Cl)cc([N+](=O)[O-])c2)nnc1S(=O)(=O)Cl. The normalized spacial score (nSPS) is 11.6. The van der Waals surface area contributed by atoms with E-state index in [4.69, 9.17) is 22.3 Å². The Labute approximate surface area is 128 Å². The van der Waals surface area contributed by atoms with Crippen molar-refractivity contribution in [2.24, 2.45) is 0 Å². The van der Waals surface area contributed by atoms with Crippen molar-refractivity contribution in [3.63, 3.8) is 0 Å². The molecule has 2 aromatic rings. The van der Waals surface area contributed by atoms with Crippen LogP contribution in [0.3, 0.4) is 0 Å². The Kier molecular flexibility index (Phi) is 4.17. The van der Waals surface area contributed by atoms with Gasteiger partial charge in [-0.3, -0.25) is 14.7 Å². The van der Waals surface area contributed by atoms with Crippen LogP contribution in [-0.4, -0.2) is 28.1 Å². The number of hydrogen-bond acceptors (Lipinski definition) is 6. The fraction of sp³-hybridized carbons (Fsp3) is 0.200. The lowest BCUT2D eigenvalue weighted by Gasteiger charge is -2.06. The quantitative estimate of drug-likeness (QED) is 0.476. The summed E-state index contributed by atoms with van der Waals surface area (Å²) in [5.74, 6) is 0.127. The molecule has 21 heavy (non-hydrogen) atoms. The average Bonchev–Trinajstić information content (AvgIpc) is 2.81. The average molecular weight is 351 g/mol. The third-order valence-electron chi connectivity index (χ3n) is 2.60. The Morgan fingerprint density at radius 3 is 2.52 bits per heavy atom. The minimum absolute atomic E-state index is 0.125. The van der Waals surface area contributed by atoms with Crippen LogP contribution in [0.4, 0.5) is 5.69 Å². The van der Waals surface area contributed by atoms with Gasteiger partial charge >= 0.3 is 0 Å². The molecule has 1 heterocycles. The van der Waals surface area contributed by atoms with Crippen molar-refractivity contribution in [3.05, 3.63) is 33.3 Å². The van der Waals surface area contributed by atoms with E-state index in [0.717, 1.165) is 0 Å². The minimum atomic E-state index is -4.07. The zero-order valence-corrected chi connectivity index (χ0v) is 12.9. The van der Waals surface area contributed by atoms with Gasteiger partial charge in [-0.2, -0.15) is 0 Å². The van der Waals surface area contributed by atoms with E-state index >= 15 is 0 Å². The van der Waals surface area contributed by atoms with E-state index in [9.17, 15) is 18.5 Å². The Morgan fingerprint density at radius 1 is 1.33 bits per heavy atom. The van der Waals surface area contributed by atoms with Gasteiger partial charge in [-0.25, -0.2) is 8.42 Å². The number of halogens is 2. The van der Waals surface area contributed by atoms with Crippen molar-refractivity contribution >= 4 is 37.0 Å². The van der Waals surface area contributed by atoms with Gasteiger partial charge < -0.3 is 0 Å². The molecule has 0 saturated heterocycles. The first kappa shape index (κ1) is 15.7. The highest BCUT2D eigenvalue weighted by molar-refractivity contribution is 8.13. The standard InChI is InChI=1S/C10H8Cl2N4O4S/c1-2-15-9(13-14-10(15)21(12,19)20)6-3-7(11)5-8(4-6)16(17)18/h3-5H,2H2,1H3. The predicted octanol–water partition coefficient (Wildman–Crippen LogP) is 2.45. The largest absolute Gasteiger partial charge is 0.297 e. The first-order valence-corrected chi connectivity index (χ1v) is 8.26. The van der Waals surface area contributed by atoms with Crippen LogP contribution in [0.5, 0.6) is 0 Å². The van der Waals surface area contributed by atoms with Gasteiger partial charge in [0, 0.05) is 39.9 Å². The van der Waals surface area contributed by atoms with Gasteiger partial charge in [0.15, 0.2) is 5.82 Å². The summed E-state index contributed by atoms with van der Waals surface area (Å²) in [6.45, 7) is 1.88. The van der Waals surface area contributed by atoms with Gasteiger partial charge in [-0.05, 0) is 13.0 Å². The van der Waals surface area contributed by atoms with Crippen molar-refractivity contribution in [2.75, 3.05) is 0 Å². The molecule has 0 amide bonds. The number of aromatic nitrogens is 3. The third kappa shape index (κ3) is 3.14. The highest BCUT2D eigenvalue weighted by Crippen LogP contribution is 2.29. The number of hydrogen-bond donors (Lipinski definition) is 0. The van der Waals surface area contributed by atoms with E-state index in [1.54, 1.807) is 6.92 Å². The maximum Gasteiger partial charge on any atom is 0.296 e. The van der Waals surface area contributed by atoms with Gasteiger partial charge in [0.25, 0.3) is 19.9 Å². The van der Waals surface area contributed by atoms with E-state index in [-0.39, 0.29) is 28.6 Å². The molecular weight excluding hydrogens is 343 g/mol. The molecule has 0 radical (unpaired) electrons. The van der Waals surface area contributed by atoms with Crippen molar-refractivity contribution in [1.29, 1.82) is 0 Å². The summed E-state index contributed by atoms with van der Waals surface area (Å²) in [6, 6.07) is 3.83. The molecule has 0 bridgehead atoms. The molecule has 0 N–H and O–H groups in total. The van der Waals surface area contributed by atoms with Crippen molar-refractivity contribution in [1.82, 2.24) is 14.8 Å². The lowest BCUT2D eigenvalue weighted by atomic mass is 10.2. The molecule has 0 saturated carbocycles. The second-order valence-electron chi connectivity index (χ2n) is 3.94. The smallest absolute Gasteiger partial charge is 0.296 e. The topological polar surface area (TPSA) is 108 Å². The molecule has 1 aromatic heterocycles. The second-order valence-corrected chi connectivity index (χ2v) is 6.84. The van der Waals surface area contributed by atoms with E-state index in [1.165, 1.54) is 22.8 Å². The Morgan fingerprint density at radius 2 is 2.00 bits per heavy atom. The van der Waals surface area contributed by atoms with Crippen LogP contribution in [-0.2, 0) is 15.6 Å². The lowest BCUT2D eigenvalue weighted by Crippen LogP contribution is -2.06. The molecular formula is C10H8Cl2N4O4S. The fourth-order valence-corrected chi connectivity index (χ4v) is 2.97. The maximum atomic E-state index is 11.4. The molecule has 0 spiro atoms. The Hall–Kier alpha value is -1.71. The molecule has 0 aliphatic heterocycles. The fourth-order valence-electron chi connectivity index (χ4n) is 1.78. The molecule has 112 valence electrons. The van der Waals surface area contributed by atoms with Gasteiger partial charge in [0.05, 0.1) is 4.92 Å². The van der Waals surface area contributed by atoms with Crippen molar-refractivity contribution < 1.29 is 13.3 Å². The molecule has 0 aliphatic carbocycles. The zero-order valence-electron chi connectivity index (χ0n) is 10.5. The minimum Gasteiger partial charge on any atom is -0.297 e. The number of rotatable bonds is 4. The summed E-state index contributed by atoms with van der Waals surface area (Å²) in [5.41, 5.74) is 0.0357. The van der Waals surface area contributed by atoms with Crippen LogP contribution >= 0.6 is 22.3 Å². The van der Waals surface area contributed by atoms with Gasteiger partial charge in [-0.1, -0.05) is 11.6 Å². The molecule has 0 aliphatic rings. The van der Waals surface area contributed by atoms with Crippen LogP contribution in [0, 0.1) is 10.1 Å². The maximum absolute atomic E-state index is 11.4. The predicted molar refractivity (Wildman–Crippen MR) is 75.8 cm³/mol. The summed E-state index contributed by atoms with van der Waals surface area (Å²) < 4.78 is 24.0. The molecule has 0 atom stereocenters. The Bertz CT molecular complexity index is 818. The summed E-state index contributed by atoms with van der Waals surface area (Å²) in [6.07, 6.45) is 0. The number of benzene rings is 1. The molecule has 11 heteroatoms. The first-order chi connectivity index (χ1) is 9.74. The second kappa shape index (κ2) is 5.58. The van der Waals surface area contributed by atoms with E-state index in [0.29, 0.717) is 0 Å². The number of nitro benzene ring substituents is 1. The van der Waals surface area contributed by atoms with Crippen LogP contribution in [0.1, 0.15) is 6.92 Å². The number of non-ortho nitro benzene ring substituents is 1. The van der Waals surface area contributed by atoms with Crippen LogP contribution < -0.4 is 0 Å². The summed E-state index contributed by atoms with van der Waals surface area (Å²) >= 11 is 5.83. The van der Waals surface area contributed by atoms with Gasteiger partial charge in [0.2, 0.25) is 0 Å². The summed E-state index contributed by atoms with van der Waals surface area (Å²) in [5, 5.41) is 17.8. The molecule has 2 rings (SSSR count). The third-order valence-corrected chi connectivity index (χ3v) is 3.97. The number of nitrogens with zero attached hydrogens (tertiary/aromatic N) is 4. The van der Waals surface area contributed by atoms with Crippen molar-refractivity contribution in [3.8, 4) is 11.4 Å². The highest BCUT2D eigenvalue weighted by atomic mass is 35.7. The van der Waals surface area contributed by atoms with E-state index in [2.05, 4.69) is 10.2 Å². The van der Waals surface area contributed by atoms with Crippen LogP contribution in [0.25, 0.3) is 11.4 Å². The number of nitro groups is 1. The van der Waals surface area contributed by atoms with Crippen LogP contribution in [0.15, 0.2) is 23.4 Å².